The molecule has 86 valence electrons. The topological polar surface area (TPSA) is 26.3 Å². The third-order valence-corrected chi connectivity index (χ3v) is 3.42. The quantitative estimate of drug-likeness (QED) is 0.735. The van der Waals surface area contributed by atoms with Crippen molar-refractivity contribution in [1.82, 2.24) is 0 Å². The van der Waals surface area contributed by atoms with Crippen LogP contribution in [0.4, 0.5) is 4.39 Å². The molecule has 0 radical (unpaired) electrons. The maximum atomic E-state index is 13.5. The van der Waals surface area contributed by atoms with Crippen molar-refractivity contribution < 1.29 is 13.9 Å². The molecule has 1 aliphatic carbocycles. The zero-order valence-electron chi connectivity index (χ0n) is 9.33. The highest BCUT2D eigenvalue weighted by Crippen LogP contribution is 2.44. The first-order chi connectivity index (χ1) is 7.68. The van der Waals surface area contributed by atoms with Crippen LogP contribution in [0.5, 0.6) is 0 Å². The minimum Gasteiger partial charge on any atom is -0.469 e. The van der Waals surface area contributed by atoms with Crippen LogP contribution in [0.1, 0.15) is 24.8 Å². The Morgan fingerprint density at radius 1 is 1.44 bits per heavy atom. The molecule has 2 rings (SSSR count). The first-order valence-corrected chi connectivity index (χ1v) is 5.50. The standard InChI is InChI=1S/C13H15FO2/c1-16-12(15)13(7-4-8-13)9-10-5-2-3-6-11(10)14/h2-3,5-6H,4,7-9H2,1H3. The van der Waals surface area contributed by atoms with Gasteiger partial charge < -0.3 is 4.74 Å². The van der Waals surface area contributed by atoms with Crippen LogP contribution in [0.15, 0.2) is 24.3 Å². The number of ether oxygens (including phenoxy) is 1. The van der Waals surface area contributed by atoms with Crippen LogP contribution >= 0.6 is 0 Å². The lowest BCUT2D eigenvalue weighted by molar-refractivity contribution is -0.158. The van der Waals surface area contributed by atoms with Crippen molar-refractivity contribution in [3.05, 3.63) is 35.6 Å². The van der Waals surface area contributed by atoms with E-state index in [4.69, 9.17) is 4.74 Å². The lowest BCUT2D eigenvalue weighted by atomic mass is 9.65. The first-order valence-electron chi connectivity index (χ1n) is 5.50. The van der Waals surface area contributed by atoms with E-state index in [2.05, 4.69) is 0 Å². The summed E-state index contributed by atoms with van der Waals surface area (Å²) in [6.07, 6.45) is 3.07. The molecule has 0 atom stereocenters. The fraction of sp³-hybridized carbons (Fsp3) is 0.462. The molecular weight excluding hydrogens is 207 g/mol. The molecule has 0 aliphatic heterocycles. The molecular formula is C13H15FO2. The van der Waals surface area contributed by atoms with E-state index in [1.807, 2.05) is 0 Å². The van der Waals surface area contributed by atoms with Crippen LogP contribution in [0, 0.1) is 11.2 Å². The van der Waals surface area contributed by atoms with Crippen LogP contribution in [-0.2, 0) is 16.0 Å². The van der Waals surface area contributed by atoms with Gasteiger partial charge in [-0.15, -0.1) is 0 Å². The molecule has 1 aromatic rings. The van der Waals surface area contributed by atoms with Gasteiger partial charge in [-0.05, 0) is 30.9 Å². The largest absolute Gasteiger partial charge is 0.469 e. The van der Waals surface area contributed by atoms with Crippen LogP contribution in [0.25, 0.3) is 0 Å². The summed E-state index contributed by atoms with van der Waals surface area (Å²) in [6.45, 7) is 0. The van der Waals surface area contributed by atoms with Gasteiger partial charge >= 0.3 is 5.97 Å². The van der Waals surface area contributed by atoms with E-state index < -0.39 is 5.41 Å². The molecule has 0 amide bonds. The van der Waals surface area contributed by atoms with Gasteiger partial charge in [-0.3, -0.25) is 4.79 Å². The SMILES string of the molecule is COC(=O)C1(Cc2ccccc2F)CCC1. The molecule has 1 fully saturated rings. The molecule has 0 unspecified atom stereocenters. The summed E-state index contributed by atoms with van der Waals surface area (Å²) >= 11 is 0. The number of hydrogen-bond acceptors (Lipinski definition) is 2. The van der Waals surface area contributed by atoms with Crippen LogP contribution in [-0.4, -0.2) is 13.1 Å². The molecule has 1 saturated carbocycles. The third kappa shape index (κ3) is 1.82. The fourth-order valence-corrected chi connectivity index (χ4v) is 2.28. The summed E-state index contributed by atoms with van der Waals surface area (Å²) in [5.41, 5.74) is 0.129. The second-order valence-electron chi connectivity index (χ2n) is 4.39. The number of benzene rings is 1. The zero-order chi connectivity index (χ0) is 11.6. The van der Waals surface area contributed by atoms with E-state index >= 15 is 0 Å². The Morgan fingerprint density at radius 2 is 2.12 bits per heavy atom. The maximum absolute atomic E-state index is 13.5. The molecule has 1 aliphatic rings. The van der Waals surface area contributed by atoms with Gasteiger partial charge in [-0.2, -0.15) is 0 Å². The van der Waals surface area contributed by atoms with Gasteiger partial charge in [0.15, 0.2) is 0 Å². The van der Waals surface area contributed by atoms with E-state index in [1.54, 1.807) is 18.2 Å². The molecule has 1 aromatic carbocycles. The predicted octanol–water partition coefficient (Wildman–Crippen LogP) is 2.71. The first kappa shape index (κ1) is 11.1. The van der Waals surface area contributed by atoms with Crippen molar-refractivity contribution >= 4 is 5.97 Å². The summed E-state index contributed by atoms with van der Waals surface area (Å²) in [4.78, 5) is 11.7. The smallest absolute Gasteiger partial charge is 0.312 e. The molecule has 2 nitrogen and oxygen atoms in total. The molecule has 0 N–H and O–H groups in total. The van der Waals surface area contributed by atoms with E-state index in [9.17, 15) is 9.18 Å². The number of halogens is 1. The summed E-state index contributed by atoms with van der Waals surface area (Å²) in [5.74, 6) is -0.445. The van der Waals surface area contributed by atoms with Gasteiger partial charge in [0.05, 0.1) is 12.5 Å². The maximum Gasteiger partial charge on any atom is 0.312 e. The molecule has 0 saturated heterocycles. The second kappa shape index (κ2) is 4.24. The van der Waals surface area contributed by atoms with Gasteiger partial charge in [0.1, 0.15) is 5.82 Å². The molecule has 0 bridgehead atoms. The van der Waals surface area contributed by atoms with Gasteiger partial charge in [-0.1, -0.05) is 24.6 Å². The Morgan fingerprint density at radius 3 is 2.62 bits per heavy atom. The Balaban J connectivity index is 2.19. The number of methoxy groups -OCH3 is 1. The minimum atomic E-state index is -0.475. The number of esters is 1. The van der Waals surface area contributed by atoms with Crippen molar-refractivity contribution in [3.8, 4) is 0 Å². The Labute approximate surface area is 94.4 Å². The molecule has 0 aromatic heterocycles. The summed E-state index contributed by atoms with van der Waals surface area (Å²) < 4.78 is 18.3. The number of carbonyl (C=O) groups excluding carboxylic acids is 1. The minimum absolute atomic E-state index is 0.206. The van der Waals surface area contributed by atoms with Crippen LogP contribution in [0.2, 0.25) is 0 Å². The van der Waals surface area contributed by atoms with Crippen LogP contribution < -0.4 is 0 Å². The number of hydrogen-bond donors (Lipinski definition) is 0. The molecule has 3 heteroatoms. The average molecular weight is 222 g/mol. The van der Waals surface area contributed by atoms with Gasteiger partial charge in [0, 0.05) is 0 Å². The molecule has 16 heavy (non-hydrogen) atoms. The summed E-state index contributed by atoms with van der Waals surface area (Å²) in [6, 6.07) is 6.61. The van der Waals surface area contributed by atoms with Crippen molar-refractivity contribution in [2.75, 3.05) is 7.11 Å². The van der Waals surface area contributed by atoms with E-state index in [1.165, 1.54) is 13.2 Å². The third-order valence-electron chi connectivity index (χ3n) is 3.42. The molecule has 0 heterocycles. The van der Waals surface area contributed by atoms with Gasteiger partial charge in [0.2, 0.25) is 0 Å². The zero-order valence-corrected chi connectivity index (χ0v) is 9.33. The van der Waals surface area contributed by atoms with Gasteiger partial charge in [-0.25, -0.2) is 4.39 Å². The lowest BCUT2D eigenvalue weighted by Gasteiger charge is -2.39. The van der Waals surface area contributed by atoms with Crippen molar-refractivity contribution in [2.24, 2.45) is 5.41 Å². The number of rotatable bonds is 3. The van der Waals surface area contributed by atoms with Crippen molar-refractivity contribution in [2.45, 2.75) is 25.7 Å². The van der Waals surface area contributed by atoms with Crippen LogP contribution in [0.3, 0.4) is 0 Å². The van der Waals surface area contributed by atoms with E-state index in [0.717, 1.165) is 19.3 Å². The fourth-order valence-electron chi connectivity index (χ4n) is 2.28. The van der Waals surface area contributed by atoms with E-state index in [0.29, 0.717) is 12.0 Å². The van der Waals surface area contributed by atoms with Crippen molar-refractivity contribution in [3.63, 3.8) is 0 Å². The second-order valence-corrected chi connectivity index (χ2v) is 4.39. The van der Waals surface area contributed by atoms with Crippen molar-refractivity contribution in [1.29, 1.82) is 0 Å². The lowest BCUT2D eigenvalue weighted by Crippen LogP contribution is -2.41. The predicted molar refractivity (Wildman–Crippen MR) is 58.4 cm³/mol. The summed E-state index contributed by atoms with van der Waals surface area (Å²) in [5, 5.41) is 0. The van der Waals surface area contributed by atoms with E-state index in [-0.39, 0.29) is 11.8 Å². The number of carbonyl (C=O) groups is 1. The summed E-state index contributed by atoms with van der Waals surface area (Å²) in [7, 11) is 1.39. The highest BCUT2D eigenvalue weighted by Gasteiger charge is 2.45. The molecule has 0 spiro atoms. The highest BCUT2D eigenvalue weighted by atomic mass is 19.1. The monoisotopic (exact) mass is 222 g/mol. The highest BCUT2D eigenvalue weighted by molar-refractivity contribution is 5.78. The average Bonchev–Trinajstić information content (AvgIpc) is 2.25. The Bertz CT molecular complexity index is 397. The van der Waals surface area contributed by atoms with Gasteiger partial charge in [0.25, 0.3) is 0 Å². The Kier molecular flexibility index (Phi) is 2.95. The normalized spacial score (nSPS) is 17.6. The Hall–Kier alpha value is -1.38.